The van der Waals surface area contributed by atoms with Crippen molar-refractivity contribution in [2.45, 2.75) is 92.9 Å². The van der Waals surface area contributed by atoms with Gasteiger partial charge in [0.1, 0.15) is 11.2 Å². The number of fused-ring (bicyclic) bond motifs is 8. The zero-order valence-corrected chi connectivity index (χ0v) is 44.4. The molecule has 0 N–H and O–H groups in total. The number of benzene rings is 8. The Morgan fingerprint density at radius 1 is 0.446 bits per heavy atom. The van der Waals surface area contributed by atoms with Crippen molar-refractivity contribution in [2.75, 3.05) is 16.6 Å². The van der Waals surface area contributed by atoms with E-state index in [1.165, 1.54) is 83.7 Å². The molecule has 9 aromatic rings. The van der Waals surface area contributed by atoms with E-state index in [0.717, 1.165) is 68.8 Å². The van der Waals surface area contributed by atoms with Gasteiger partial charge in [0.25, 0.3) is 6.71 Å². The van der Waals surface area contributed by atoms with Crippen LogP contribution in [-0.4, -0.2) is 13.5 Å². The predicted molar refractivity (Wildman–Crippen MR) is 312 cm³/mol. The van der Waals surface area contributed by atoms with E-state index in [1.54, 1.807) is 0 Å². The first-order valence-electron chi connectivity index (χ1n) is 26.5. The topological polar surface area (TPSA) is 38.1 Å². The number of para-hydroxylation sites is 1. The van der Waals surface area contributed by atoms with Crippen LogP contribution >= 0.6 is 0 Å². The minimum absolute atomic E-state index is 0.0429. The van der Waals surface area contributed by atoms with Gasteiger partial charge in [-0.05, 0) is 175 Å². The van der Waals surface area contributed by atoms with Crippen LogP contribution in [0.3, 0.4) is 0 Å². The van der Waals surface area contributed by atoms with E-state index in [0.29, 0.717) is 0 Å². The van der Waals surface area contributed by atoms with Crippen molar-refractivity contribution in [1.82, 2.24) is 0 Å². The SMILES string of the molecule is Cc1cc2c3c(c1)N(c1cc(C4=CC=C(C(C)(C)C)CC4)cc(-c4ccc(C(C)(C)C)cc4)c1)c1cc(-c4ccc5c(c4)oc4ccccc45)ccc1B3c1cc(C(C)(C)C)ccc1N2c1ccc2c(c1)OCO2. The van der Waals surface area contributed by atoms with Crippen molar-refractivity contribution < 1.29 is 13.9 Å². The summed E-state index contributed by atoms with van der Waals surface area (Å²) in [6.45, 7) is 23.2. The summed E-state index contributed by atoms with van der Waals surface area (Å²) >= 11 is 0. The second-order valence-electron chi connectivity index (χ2n) is 24.2. The highest BCUT2D eigenvalue weighted by Gasteiger charge is 2.44. The molecule has 0 bridgehead atoms. The van der Waals surface area contributed by atoms with Crippen LogP contribution in [0.4, 0.5) is 34.1 Å². The lowest BCUT2D eigenvalue weighted by Gasteiger charge is -2.45. The molecule has 8 aromatic carbocycles. The lowest BCUT2D eigenvalue weighted by Crippen LogP contribution is -2.61. The molecule has 13 rings (SSSR count). The van der Waals surface area contributed by atoms with Gasteiger partial charge in [-0.1, -0.05) is 153 Å². The highest BCUT2D eigenvalue weighted by Crippen LogP contribution is 2.49. The van der Waals surface area contributed by atoms with E-state index in [2.05, 4.69) is 237 Å². The molecule has 6 heteroatoms. The third-order valence-corrected chi connectivity index (χ3v) is 16.1. The van der Waals surface area contributed by atoms with E-state index >= 15 is 0 Å². The van der Waals surface area contributed by atoms with Crippen molar-refractivity contribution in [1.29, 1.82) is 0 Å². The number of furan rings is 1. The van der Waals surface area contributed by atoms with Crippen LogP contribution in [0.1, 0.15) is 97.4 Å². The molecule has 0 amide bonds. The van der Waals surface area contributed by atoms with Crippen molar-refractivity contribution >= 4 is 84.7 Å². The normalized spacial score (nSPS) is 15.0. The van der Waals surface area contributed by atoms with Crippen molar-refractivity contribution in [3.8, 4) is 33.8 Å². The van der Waals surface area contributed by atoms with Crippen LogP contribution in [0.5, 0.6) is 11.5 Å². The Morgan fingerprint density at radius 2 is 1.12 bits per heavy atom. The van der Waals surface area contributed by atoms with E-state index in [4.69, 9.17) is 13.9 Å². The average molecular weight is 967 g/mol. The molecule has 1 aliphatic carbocycles. The number of nitrogens with zero attached hydrogens (tertiary/aromatic N) is 2. The fourth-order valence-electron chi connectivity index (χ4n) is 12.0. The average Bonchev–Trinajstić information content (AvgIpc) is 4.04. The summed E-state index contributed by atoms with van der Waals surface area (Å²) in [5.41, 5.74) is 25.1. The second kappa shape index (κ2) is 16.7. The molecular weight excluding hydrogens is 904 g/mol. The van der Waals surface area contributed by atoms with Gasteiger partial charge in [-0.3, -0.25) is 0 Å². The maximum absolute atomic E-state index is 6.52. The van der Waals surface area contributed by atoms with Gasteiger partial charge in [-0.2, -0.15) is 0 Å². The molecule has 0 saturated carbocycles. The summed E-state index contributed by atoms with van der Waals surface area (Å²) in [6, 6.07) is 57.3. The number of allylic oxidation sites excluding steroid dienone is 4. The molecular formula is C68H63BN2O3. The molecule has 0 saturated heterocycles. The highest BCUT2D eigenvalue weighted by atomic mass is 16.7. The number of rotatable bonds is 5. The zero-order valence-electron chi connectivity index (χ0n) is 44.4. The summed E-state index contributed by atoms with van der Waals surface area (Å²) in [6.07, 6.45) is 6.81. The third kappa shape index (κ3) is 7.67. The number of anilines is 6. The van der Waals surface area contributed by atoms with Crippen molar-refractivity contribution in [3.63, 3.8) is 0 Å². The van der Waals surface area contributed by atoms with Gasteiger partial charge in [-0.25, -0.2) is 0 Å². The Kier molecular flexibility index (Phi) is 10.4. The molecule has 366 valence electrons. The van der Waals surface area contributed by atoms with Crippen LogP contribution < -0.4 is 35.7 Å². The van der Waals surface area contributed by atoms with Crippen molar-refractivity contribution in [3.05, 3.63) is 192 Å². The first-order chi connectivity index (χ1) is 35.4. The number of aryl methyl sites for hydroxylation is 1. The minimum Gasteiger partial charge on any atom is -0.456 e. The zero-order chi connectivity index (χ0) is 51.0. The van der Waals surface area contributed by atoms with Gasteiger partial charge in [0.05, 0.1) is 5.69 Å². The Hall–Kier alpha value is -7.70. The maximum Gasteiger partial charge on any atom is 0.252 e. The Balaban J connectivity index is 1.09. The molecule has 4 heterocycles. The molecule has 4 aliphatic rings. The highest BCUT2D eigenvalue weighted by molar-refractivity contribution is 7.00. The van der Waals surface area contributed by atoms with Crippen LogP contribution in [0.25, 0.3) is 49.8 Å². The van der Waals surface area contributed by atoms with Crippen molar-refractivity contribution in [2.24, 2.45) is 5.41 Å². The number of ether oxygens (including phenoxy) is 2. The minimum atomic E-state index is -0.0732. The number of hydrogen-bond acceptors (Lipinski definition) is 5. The monoisotopic (exact) mass is 966 g/mol. The fraction of sp³-hybridized carbons (Fsp3) is 0.235. The van der Waals surface area contributed by atoms with Gasteiger partial charge in [-0.15, -0.1) is 0 Å². The molecule has 5 nitrogen and oxygen atoms in total. The quantitative estimate of drug-likeness (QED) is 0.161. The Bertz CT molecular complexity index is 3850. The van der Waals surface area contributed by atoms with E-state index in [1.807, 2.05) is 6.07 Å². The molecule has 0 spiro atoms. The number of hydrogen-bond donors (Lipinski definition) is 0. The predicted octanol–water partition coefficient (Wildman–Crippen LogP) is 16.8. The van der Waals surface area contributed by atoms with Crippen LogP contribution in [0.15, 0.2) is 174 Å². The van der Waals surface area contributed by atoms with Gasteiger partial charge in [0.2, 0.25) is 6.79 Å². The molecule has 0 fully saturated rings. The largest absolute Gasteiger partial charge is 0.456 e. The summed E-state index contributed by atoms with van der Waals surface area (Å²) < 4.78 is 18.4. The molecule has 1 aromatic heterocycles. The van der Waals surface area contributed by atoms with Crippen LogP contribution in [0.2, 0.25) is 0 Å². The Morgan fingerprint density at radius 3 is 1.86 bits per heavy atom. The maximum atomic E-state index is 6.52. The molecule has 74 heavy (non-hydrogen) atoms. The lowest BCUT2D eigenvalue weighted by molar-refractivity contribution is 0.174. The van der Waals surface area contributed by atoms with Gasteiger partial charge < -0.3 is 23.7 Å². The van der Waals surface area contributed by atoms with Crippen LogP contribution in [0, 0.1) is 12.3 Å². The lowest BCUT2D eigenvalue weighted by atomic mass is 9.33. The van der Waals surface area contributed by atoms with Crippen LogP contribution in [-0.2, 0) is 10.8 Å². The third-order valence-electron chi connectivity index (χ3n) is 16.1. The van der Waals surface area contributed by atoms with E-state index in [-0.39, 0.29) is 29.8 Å². The van der Waals surface area contributed by atoms with E-state index in [9.17, 15) is 0 Å². The summed E-state index contributed by atoms with van der Waals surface area (Å²) in [4.78, 5) is 5.06. The summed E-state index contributed by atoms with van der Waals surface area (Å²) in [5.74, 6) is 1.54. The standard InChI is InChI=1S/C68H63BN2O3/c1-41-31-59-65-60(32-41)71(52-34-46(42-15-21-48(22-16-42)66(2,3)4)33-47(35-52)43-17-23-49(24-18-43)67(5,6)7)58-36-44(45-19-27-54-53-13-11-12-14-61(53)74-63(54)37-45)20-28-55(58)69(65)56-38-50(68(8,9)10)25-29-57(56)70(59)51-26-30-62-64(39-51)73-40-72-62/h11-17,19-23,25-39H,18,24,40H2,1-10H3. The summed E-state index contributed by atoms with van der Waals surface area (Å²) in [7, 11) is 0. The first-order valence-corrected chi connectivity index (χ1v) is 26.5. The molecule has 0 unspecified atom stereocenters. The molecule has 0 atom stereocenters. The molecule has 0 radical (unpaired) electrons. The Labute approximate surface area is 436 Å². The fourth-order valence-corrected chi connectivity index (χ4v) is 12.0. The second-order valence-corrected chi connectivity index (χ2v) is 24.2. The molecule has 3 aliphatic heterocycles. The smallest absolute Gasteiger partial charge is 0.252 e. The van der Waals surface area contributed by atoms with E-state index < -0.39 is 0 Å². The summed E-state index contributed by atoms with van der Waals surface area (Å²) in [5, 5.41) is 2.26. The first kappa shape index (κ1) is 46.1. The van der Waals surface area contributed by atoms with Gasteiger partial charge in [0.15, 0.2) is 11.5 Å². The van der Waals surface area contributed by atoms with Gasteiger partial charge in [0, 0.05) is 45.3 Å². The van der Waals surface area contributed by atoms with Gasteiger partial charge >= 0.3 is 0 Å².